The van der Waals surface area contributed by atoms with Gasteiger partial charge in [0.2, 0.25) is 0 Å². The summed E-state index contributed by atoms with van der Waals surface area (Å²) in [6.07, 6.45) is 5.72. The maximum absolute atomic E-state index is 11.4. The summed E-state index contributed by atoms with van der Waals surface area (Å²) in [6, 6.07) is 3.24. The molecule has 0 aliphatic heterocycles. The van der Waals surface area contributed by atoms with E-state index in [1.807, 2.05) is 0 Å². The first-order valence-corrected chi connectivity index (χ1v) is 4.33. The highest BCUT2D eigenvalue weighted by Crippen LogP contribution is 1.94. The van der Waals surface area contributed by atoms with Crippen molar-refractivity contribution in [1.82, 2.24) is 19.6 Å². The molecule has 0 unspecified atom stereocenters. The van der Waals surface area contributed by atoms with Crippen LogP contribution in [-0.4, -0.2) is 31.4 Å². The van der Waals surface area contributed by atoms with Gasteiger partial charge in [-0.05, 0) is 12.1 Å². The Hall–Kier alpha value is -2.24. The molecule has 6 heteroatoms. The molecule has 6 nitrogen and oxygen atoms in total. The molecule has 0 amide bonds. The van der Waals surface area contributed by atoms with Gasteiger partial charge >= 0.3 is 0 Å². The van der Waals surface area contributed by atoms with Gasteiger partial charge in [0.05, 0.1) is 0 Å². The molecule has 0 atom stereocenters. The van der Waals surface area contributed by atoms with Crippen LogP contribution in [0.1, 0.15) is 16.0 Å². The minimum Gasteiger partial charge on any atom is -0.272 e. The van der Waals surface area contributed by atoms with E-state index in [4.69, 9.17) is 0 Å². The Kier molecular flexibility index (Phi) is 2.40. The highest BCUT2D eigenvalue weighted by atomic mass is 16.2. The lowest BCUT2D eigenvalue weighted by Crippen LogP contribution is -2.20. The monoisotopic (exact) mass is 204 g/mol. The predicted octanol–water partition coefficient (Wildman–Crippen LogP) is 0.450. The van der Waals surface area contributed by atoms with Crippen LogP contribution < -0.4 is 0 Å². The zero-order valence-electron chi connectivity index (χ0n) is 7.78. The van der Waals surface area contributed by atoms with Gasteiger partial charge in [-0.1, -0.05) is 0 Å². The van der Waals surface area contributed by atoms with Gasteiger partial charge in [-0.3, -0.25) is 9.59 Å². The molecule has 0 aliphatic rings. The van der Waals surface area contributed by atoms with Crippen LogP contribution in [0.4, 0.5) is 0 Å². The zero-order valence-corrected chi connectivity index (χ0v) is 7.78. The summed E-state index contributed by atoms with van der Waals surface area (Å²) in [6.45, 7) is 0. The molecule has 0 N–H and O–H groups in total. The van der Waals surface area contributed by atoms with Crippen LogP contribution in [0.2, 0.25) is 0 Å². The van der Waals surface area contributed by atoms with Crippen molar-refractivity contribution in [1.29, 1.82) is 0 Å². The van der Waals surface area contributed by atoms with Crippen molar-refractivity contribution < 1.29 is 9.59 Å². The van der Waals surface area contributed by atoms with E-state index >= 15 is 0 Å². The second-order valence-electron chi connectivity index (χ2n) is 2.87. The maximum Gasteiger partial charge on any atom is 0.256 e. The molecule has 0 fully saturated rings. The van der Waals surface area contributed by atoms with Crippen molar-refractivity contribution >= 4 is 11.8 Å². The Morgan fingerprint density at radius 1 is 0.933 bits per heavy atom. The lowest BCUT2D eigenvalue weighted by atomic mass is 10.4. The molecule has 0 aliphatic carbocycles. The van der Waals surface area contributed by atoms with Gasteiger partial charge in [0.25, 0.3) is 11.8 Å². The zero-order chi connectivity index (χ0) is 10.7. The number of nitrogens with zero attached hydrogens (tertiary/aromatic N) is 4. The van der Waals surface area contributed by atoms with E-state index in [1.165, 1.54) is 24.8 Å². The molecule has 0 saturated carbocycles. The van der Waals surface area contributed by atoms with Crippen molar-refractivity contribution in [3.63, 3.8) is 0 Å². The first kappa shape index (κ1) is 9.32. The van der Waals surface area contributed by atoms with Crippen molar-refractivity contribution in [3.8, 4) is 0 Å². The highest BCUT2D eigenvalue weighted by molar-refractivity contribution is 5.98. The summed E-state index contributed by atoms with van der Waals surface area (Å²) < 4.78 is 2.25. The van der Waals surface area contributed by atoms with E-state index < -0.39 is 0 Å². The van der Waals surface area contributed by atoms with Crippen LogP contribution in [0.3, 0.4) is 0 Å². The fourth-order valence-electron chi connectivity index (χ4n) is 1.12. The van der Waals surface area contributed by atoms with Crippen molar-refractivity contribution in [2.75, 3.05) is 0 Å². The molecule has 2 aromatic heterocycles. The second-order valence-corrected chi connectivity index (χ2v) is 2.87. The average Bonchev–Trinajstić information content (AvgIpc) is 2.91. The highest BCUT2D eigenvalue weighted by Gasteiger charge is 2.12. The van der Waals surface area contributed by atoms with Crippen molar-refractivity contribution in [2.45, 2.75) is 6.42 Å². The van der Waals surface area contributed by atoms with Crippen molar-refractivity contribution in [3.05, 3.63) is 36.9 Å². The molecular formula is C9H8N4O2. The van der Waals surface area contributed by atoms with E-state index in [0.717, 1.165) is 9.36 Å². The number of aromatic nitrogens is 4. The molecule has 0 spiro atoms. The SMILES string of the molecule is O=C(CC(=O)n1cccn1)n1cccn1. The van der Waals surface area contributed by atoms with Crippen LogP contribution in [0.15, 0.2) is 36.9 Å². The van der Waals surface area contributed by atoms with Crippen LogP contribution in [0, 0.1) is 0 Å². The van der Waals surface area contributed by atoms with Gasteiger partial charge in [0, 0.05) is 24.8 Å². The van der Waals surface area contributed by atoms with Crippen LogP contribution in [0.25, 0.3) is 0 Å². The number of hydrogen-bond donors (Lipinski definition) is 0. The summed E-state index contributed by atoms with van der Waals surface area (Å²) in [5, 5.41) is 7.47. The standard InChI is InChI=1S/C9H8N4O2/c14-8(12-5-1-3-10-12)7-9(15)13-6-2-4-11-13/h1-6H,7H2. The normalized spacial score (nSPS) is 10.1. The third-order valence-electron chi connectivity index (χ3n) is 1.82. The average molecular weight is 204 g/mol. The van der Waals surface area contributed by atoms with Crippen molar-refractivity contribution in [2.24, 2.45) is 0 Å². The predicted molar refractivity (Wildman–Crippen MR) is 50.3 cm³/mol. The van der Waals surface area contributed by atoms with E-state index in [0.29, 0.717) is 0 Å². The fourth-order valence-corrected chi connectivity index (χ4v) is 1.12. The van der Waals surface area contributed by atoms with E-state index in [1.54, 1.807) is 12.1 Å². The molecule has 0 saturated heterocycles. The molecule has 76 valence electrons. The van der Waals surface area contributed by atoms with Gasteiger partial charge in [0.15, 0.2) is 0 Å². The van der Waals surface area contributed by atoms with Gasteiger partial charge in [-0.2, -0.15) is 10.2 Å². The first-order chi connectivity index (χ1) is 7.27. The molecule has 2 aromatic rings. The Labute approximate surface area is 85.1 Å². The van der Waals surface area contributed by atoms with E-state index in [9.17, 15) is 9.59 Å². The molecular weight excluding hydrogens is 196 g/mol. The third-order valence-corrected chi connectivity index (χ3v) is 1.82. The molecule has 0 bridgehead atoms. The maximum atomic E-state index is 11.4. The molecule has 2 rings (SSSR count). The topological polar surface area (TPSA) is 69.8 Å². The summed E-state index contributed by atoms with van der Waals surface area (Å²) in [5.74, 6) is -0.749. The smallest absolute Gasteiger partial charge is 0.256 e. The molecule has 15 heavy (non-hydrogen) atoms. The molecule has 2 heterocycles. The minimum absolute atomic E-state index is 0.247. The molecule has 0 aromatic carbocycles. The van der Waals surface area contributed by atoms with Crippen LogP contribution in [-0.2, 0) is 0 Å². The summed E-state index contributed by atoms with van der Waals surface area (Å²) in [4.78, 5) is 22.9. The van der Waals surface area contributed by atoms with E-state index in [-0.39, 0.29) is 18.2 Å². The number of carbonyl (C=O) groups is 2. The Morgan fingerprint density at radius 2 is 1.40 bits per heavy atom. The van der Waals surface area contributed by atoms with Gasteiger partial charge in [-0.25, -0.2) is 9.36 Å². The quantitative estimate of drug-likeness (QED) is 0.666. The molecule has 0 radical (unpaired) electrons. The van der Waals surface area contributed by atoms with Crippen LogP contribution in [0.5, 0.6) is 0 Å². The fraction of sp³-hybridized carbons (Fsp3) is 0.111. The van der Waals surface area contributed by atoms with E-state index in [2.05, 4.69) is 10.2 Å². The second kappa shape index (κ2) is 3.87. The largest absolute Gasteiger partial charge is 0.272 e. The summed E-state index contributed by atoms with van der Waals surface area (Å²) in [7, 11) is 0. The first-order valence-electron chi connectivity index (χ1n) is 4.33. The Balaban J connectivity index is 2.04. The Morgan fingerprint density at radius 3 is 1.73 bits per heavy atom. The summed E-state index contributed by atoms with van der Waals surface area (Å²) >= 11 is 0. The van der Waals surface area contributed by atoms with Crippen LogP contribution >= 0.6 is 0 Å². The number of carbonyl (C=O) groups excluding carboxylic acids is 2. The lowest BCUT2D eigenvalue weighted by molar-refractivity contribution is 0.0785. The van der Waals surface area contributed by atoms with Gasteiger partial charge < -0.3 is 0 Å². The lowest BCUT2D eigenvalue weighted by Gasteiger charge is -1.99. The number of rotatable bonds is 2. The van der Waals surface area contributed by atoms with Gasteiger partial charge in [-0.15, -0.1) is 0 Å². The number of hydrogen-bond acceptors (Lipinski definition) is 4. The minimum atomic E-state index is -0.375. The van der Waals surface area contributed by atoms with Gasteiger partial charge in [0.1, 0.15) is 6.42 Å². The Bertz CT molecular complexity index is 414. The summed E-state index contributed by atoms with van der Waals surface area (Å²) in [5.41, 5.74) is 0. The third kappa shape index (κ3) is 1.98.